The minimum absolute atomic E-state index is 0.0611. The summed E-state index contributed by atoms with van der Waals surface area (Å²) in [6.45, 7) is 18.9. The molecule has 2 aromatic heterocycles. The van der Waals surface area contributed by atoms with Crippen molar-refractivity contribution in [1.82, 2.24) is 19.5 Å². The second-order valence-electron chi connectivity index (χ2n) is 13.0. The van der Waals surface area contributed by atoms with Gasteiger partial charge in [-0.3, -0.25) is 14.3 Å². The molecule has 4 rings (SSSR count). The fraction of sp³-hybridized carbons (Fsp3) is 0.731. The molecule has 0 aromatic carbocycles. The van der Waals surface area contributed by atoms with Crippen LogP contribution in [0.5, 0.6) is 0 Å². The number of hydrogen-bond acceptors (Lipinski definition) is 11. The lowest BCUT2D eigenvalue weighted by Gasteiger charge is -2.41. The van der Waals surface area contributed by atoms with E-state index in [9.17, 15) is 15.0 Å². The number of aliphatic hydroxyl groups is 2. The lowest BCUT2D eigenvalue weighted by molar-refractivity contribution is -0.0455. The van der Waals surface area contributed by atoms with Gasteiger partial charge in [0.15, 0.2) is 25.7 Å². The second kappa shape index (κ2) is 12.1. The molecule has 11 nitrogen and oxygen atoms in total. The van der Waals surface area contributed by atoms with E-state index in [0.717, 1.165) is 18.4 Å². The lowest BCUT2D eigenvalue weighted by Crippen LogP contribution is -2.49. The number of ether oxygens (including phenoxy) is 1. The van der Waals surface area contributed by atoms with Crippen molar-refractivity contribution < 1.29 is 23.9 Å². The third-order valence-electron chi connectivity index (χ3n) is 8.85. The van der Waals surface area contributed by atoms with E-state index in [2.05, 4.69) is 62.3 Å². The largest absolute Gasteiger partial charge is 0.408 e. The highest BCUT2D eigenvalue weighted by molar-refractivity contribution is 8.63. The summed E-state index contributed by atoms with van der Waals surface area (Å²) in [5, 5.41) is 22.4. The number of aromatic nitrogens is 4. The number of nitrogens with two attached hydrogens (primary N) is 1. The number of aliphatic hydroxyl groups excluding tert-OH is 2. The number of nitrogen functional groups attached to an aromatic ring is 1. The molecule has 1 saturated carbocycles. The maximum atomic E-state index is 12.4. The number of anilines is 1. The molecule has 1 aliphatic heterocycles. The minimum atomic E-state index is -2.34. The van der Waals surface area contributed by atoms with Crippen LogP contribution in [0.1, 0.15) is 60.1 Å². The number of imidazole rings is 1. The van der Waals surface area contributed by atoms with Gasteiger partial charge in [0, 0.05) is 4.75 Å². The molecule has 1 saturated heterocycles. The van der Waals surface area contributed by atoms with Crippen LogP contribution < -0.4 is 11.3 Å². The molecule has 1 aliphatic carbocycles. The van der Waals surface area contributed by atoms with Crippen molar-refractivity contribution in [3.8, 4) is 0 Å². The van der Waals surface area contributed by atoms with Crippen LogP contribution in [0.15, 0.2) is 23.3 Å². The van der Waals surface area contributed by atoms with Crippen LogP contribution >= 0.6 is 17.5 Å². The smallest absolute Gasteiger partial charge is 0.280 e. The summed E-state index contributed by atoms with van der Waals surface area (Å²) in [4.78, 5) is 23.2. The first-order chi connectivity index (χ1) is 18.9. The molecule has 2 aromatic rings. The molecular formula is C26H44N5O6PS2Si. The molecule has 8 atom stereocenters. The molecule has 230 valence electrons. The van der Waals surface area contributed by atoms with Crippen molar-refractivity contribution in [1.29, 1.82) is 0 Å². The Morgan fingerprint density at radius 1 is 1.44 bits per heavy atom. The van der Waals surface area contributed by atoms with E-state index < -0.39 is 55.4 Å². The highest BCUT2D eigenvalue weighted by atomic mass is 32.9. The molecular weight excluding hydrogens is 602 g/mol. The first-order valence-electron chi connectivity index (χ1n) is 13.9. The maximum absolute atomic E-state index is 12.4. The lowest BCUT2D eigenvalue weighted by atomic mass is 9.77. The zero-order valence-electron chi connectivity index (χ0n) is 24.8. The van der Waals surface area contributed by atoms with Crippen molar-refractivity contribution in [2.24, 2.45) is 5.92 Å². The van der Waals surface area contributed by atoms with E-state index in [-0.39, 0.29) is 28.8 Å². The summed E-state index contributed by atoms with van der Waals surface area (Å²) in [5.74, 6) is 0.257. The Hall–Kier alpha value is -1.09. The fourth-order valence-corrected chi connectivity index (χ4v) is 11.7. The van der Waals surface area contributed by atoms with Crippen LogP contribution in [-0.4, -0.2) is 73.8 Å². The predicted octanol–water partition coefficient (Wildman–Crippen LogP) is 4.10. The van der Waals surface area contributed by atoms with Crippen LogP contribution in [0, 0.1) is 5.92 Å². The Morgan fingerprint density at radius 2 is 2.12 bits per heavy atom. The van der Waals surface area contributed by atoms with Gasteiger partial charge in [0.25, 0.3) is 5.56 Å². The quantitative estimate of drug-likeness (QED) is 0.177. The van der Waals surface area contributed by atoms with E-state index in [1.54, 1.807) is 0 Å². The van der Waals surface area contributed by atoms with Gasteiger partial charge in [-0.15, -0.1) is 0 Å². The van der Waals surface area contributed by atoms with Gasteiger partial charge in [-0.25, -0.2) is 4.98 Å². The number of hydrogen-bond donors (Lipinski definition) is 4. The zero-order valence-corrected chi connectivity index (χ0v) is 28.5. The highest BCUT2D eigenvalue weighted by Gasteiger charge is 2.51. The Morgan fingerprint density at radius 3 is 2.73 bits per heavy atom. The van der Waals surface area contributed by atoms with Crippen molar-refractivity contribution in [3.05, 3.63) is 28.8 Å². The number of aromatic amines is 1. The van der Waals surface area contributed by atoms with Crippen molar-refractivity contribution >= 4 is 54.7 Å². The Balaban J connectivity index is 1.53. The topological polar surface area (TPSA) is 158 Å². The van der Waals surface area contributed by atoms with E-state index >= 15 is 0 Å². The van der Waals surface area contributed by atoms with E-state index in [0.29, 0.717) is 12.3 Å². The molecule has 0 bridgehead atoms. The molecule has 5 N–H and O–H groups in total. The summed E-state index contributed by atoms with van der Waals surface area (Å²) >= 11 is 7.32. The Labute approximate surface area is 252 Å². The van der Waals surface area contributed by atoms with Gasteiger partial charge in [0.1, 0.15) is 24.4 Å². The Kier molecular flexibility index (Phi) is 9.70. The van der Waals surface area contributed by atoms with Gasteiger partial charge in [0.05, 0.1) is 19.0 Å². The van der Waals surface area contributed by atoms with Gasteiger partial charge in [-0.1, -0.05) is 56.1 Å². The molecule has 0 radical (unpaired) electrons. The molecule has 3 heterocycles. The van der Waals surface area contributed by atoms with Crippen LogP contribution in [0.4, 0.5) is 5.95 Å². The molecule has 2 aliphatic rings. The first-order valence-corrected chi connectivity index (χ1v) is 20.9. The molecule has 0 amide bonds. The normalized spacial score (nSPS) is 31.9. The van der Waals surface area contributed by atoms with Crippen molar-refractivity contribution in [2.75, 3.05) is 12.3 Å². The predicted molar refractivity (Wildman–Crippen MR) is 170 cm³/mol. The molecule has 2 unspecified atom stereocenters. The summed E-state index contributed by atoms with van der Waals surface area (Å²) in [6.07, 6.45) is -1.82. The monoisotopic (exact) mass is 645 g/mol. The van der Waals surface area contributed by atoms with Crippen LogP contribution in [0.2, 0.25) is 18.1 Å². The number of allylic oxidation sites excluding steroid dienone is 1. The van der Waals surface area contributed by atoms with E-state index in [1.807, 2.05) is 6.92 Å². The summed E-state index contributed by atoms with van der Waals surface area (Å²) in [5.41, 5.74) is 6.72. The maximum Gasteiger partial charge on any atom is 0.280 e. The van der Waals surface area contributed by atoms with Crippen LogP contribution in [0.3, 0.4) is 0 Å². The summed E-state index contributed by atoms with van der Waals surface area (Å²) < 4.78 is 20.4. The minimum Gasteiger partial charge on any atom is -0.408 e. The van der Waals surface area contributed by atoms with E-state index in [1.165, 1.54) is 22.3 Å². The van der Waals surface area contributed by atoms with E-state index in [4.69, 9.17) is 31.2 Å². The van der Waals surface area contributed by atoms with Gasteiger partial charge < -0.3 is 29.6 Å². The van der Waals surface area contributed by atoms with Gasteiger partial charge in [-0.05, 0) is 57.2 Å². The average Bonchev–Trinajstić information content (AvgIpc) is 3.39. The summed E-state index contributed by atoms with van der Waals surface area (Å²) in [7, 11) is -2.34. The standard InChI is InChI=1S/C26H44N5O6PS2Si/c1-14(2)15-9-10-26(6,17(32)11-15)40-38(39)35-12-16-20(37-41(7,8)25(3,4)5)19(33)23(36-16)31-13-28-18-21(31)29-24(27)30-22(18)34/h13,15-17,19-20,23,32-33,38H,1,9-12H2,2-8H3,(H3,27,29,30,34)/t15-,16+,17+,19+,20?,23+,26+/m0/s1. The fourth-order valence-electron chi connectivity index (χ4n) is 5.08. The Bertz CT molecular complexity index is 1370. The second-order valence-corrected chi connectivity index (χ2v) is 23.3. The average molecular weight is 646 g/mol. The SMILES string of the molecule is C=C(C)[C@H]1CC[C@@](C)(S[PH](=S)OC[C@H]2O[C@@H](n3cnc4c(=O)[nH]c(N)nc43)[C@H](O)C2O[Si](C)(C)C(C)(C)C)[C@H](O)C1. The molecule has 41 heavy (non-hydrogen) atoms. The number of H-pyrrole nitrogens is 1. The van der Waals surface area contributed by atoms with Gasteiger partial charge in [0.2, 0.25) is 5.95 Å². The zero-order chi connectivity index (χ0) is 30.5. The first kappa shape index (κ1) is 32.8. The number of nitrogens with one attached hydrogen (secondary N) is 1. The highest BCUT2D eigenvalue weighted by Crippen LogP contribution is 2.55. The van der Waals surface area contributed by atoms with Gasteiger partial charge in [-0.2, -0.15) is 4.98 Å². The number of fused-ring (bicyclic) bond motifs is 1. The molecule has 2 fully saturated rings. The van der Waals surface area contributed by atoms with Crippen molar-refractivity contribution in [3.63, 3.8) is 0 Å². The third kappa shape index (κ3) is 6.86. The number of rotatable bonds is 9. The molecule has 0 spiro atoms. The van der Waals surface area contributed by atoms with Crippen LogP contribution in [-0.2, 0) is 25.5 Å². The third-order valence-corrected chi connectivity index (χ3v) is 18.2. The van der Waals surface area contributed by atoms with Crippen LogP contribution in [0.25, 0.3) is 11.2 Å². The van der Waals surface area contributed by atoms with Crippen molar-refractivity contribution in [2.45, 2.75) is 107 Å². The van der Waals surface area contributed by atoms with Gasteiger partial charge >= 0.3 is 0 Å². The number of nitrogens with zero attached hydrogens (tertiary/aromatic N) is 3. The summed E-state index contributed by atoms with van der Waals surface area (Å²) in [6, 6.07) is 0. The molecule has 15 heteroatoms.